The molecule has 5 nitrogen and oxygen atoms in total. The molecular weight excluding hydrogens is 314 g/mol. The van der Waals surface area contributed by atoms with Crippen LogP contribution in [-0.4, -0.2) is 36.3 Å². The van der Waals surface area contributed by atoms with E-state index in [1.165, 1.54) is 19.3 Å². The third kappa shape index (κ3) is 5.71. The van der Waals surface area contributed by atoms with Crippen LogP contribution in [0.1, 0.15) is 38.5 Å². The van der Waals surface area contributed by atoms with E-state index in [4.69, 9.17) is 0 Å². The van der Waals surface area contributed by atoms with Crippen LogP contribution in [0, 0.1) is 5.92 Å². The van der Waals surface area contributed by atoms with Crippen molar-refractivity contribution in [1.82, 2.24) is 4.90 Å². The minimum Gasteiger partial charge on any atom is -0.326 e. The standard InChI is InChI=1S/C20H27N3O2/c24-19(14-16-6-2-3-7-16)21-17-8-10-18(11-9-17)22-20(25)15-23-12-4-1-5-13-23/h2,6,8-11,16H,1,3-5,7,12-15H2,(H,21,24)(H,22,25). The van der Waals surface area contributed by atoms with Crippen molar-refractivity contribution in [2.45, 2.75) is 38.5 Å². The Labute approximate surface area is 149 Å². The highest BCUT2D eigenvalue weighted by Gasteiger charge is 2.15. The molecule has 0 radical (unpaired) electrons. The van der Waals surface area contributed by atoms with Crippen LogP contribution in [0.4, 0.5) is 11.4 Å². The monoisotopic (exact) mass is 341 g/mol. The van der Waals surface area contributed by atoms with E-state index in [1.54, 1.807) is 0 Å². The van der Waals surface area contributed by atoms with Crippen LogP contribution in [0.3, 0.4) is 0 Å². The quantitative estimate of drug-likeness (QED) is 0.780. The highest BCUT2D eigenvalue weighted by Crippen LogP contribution is 2.21. The molecule has 1 aliphatic heterocycles. The molecule has 0 bridgehead atoms. The lowest BCUT2D eigenvalue weighted by atomic mass is 10.1. The minimum atomic E-state index is 0.0201. The topological polar surface area (TPSA) is 61.4 Å². The Bertz CT molecular complexity index is 618. The zero-order chi connectivity index (χ0) is 17.5. The summed E-state index contributed by atoms with van der Waals surface area (Å²) in [7, 11) is 0. The molecule has 1 unspecified atom stereocenters. The van der Waals surface area contributed by atoms with Gasteiger partial charge in [-0.05, 0) is 69.0 Å². The van der Waals surface area contributed by atoms with Crippen molar-refractivity contribution in [3.63, 3.8) is 0 Å². The van der Waals surface area contributed by atoms with Crippen molar-refractivity contribution in [3.8, 4) is 0 Å². The van der Waals surface area contributed by atoms with Gasteiger partial charge in [-0.2, -0.15) is 0 Å². The Kier molecular flexibility index (Phi) is 6.23. The van der Waals surface area contributed by atoms with Crippen molar-refractivity contribution in [3.05, 3.63) is 36.4 Å². The number of nitrogens with zero attached hydrogens (tertiary/aromatic N) is 1. The number of rotatable bonds is 6. The fraction of sp³-hybridized carbons (Fsp3) is 0.500. The first kappa shape index (κ1) is 17.7. The van der Waals surface area contributed by atoms with Gasteiger partial charge in [0.15, 0.2) is 0 Å². The van der Waals surface area contributed by atoms with Crippen LogP contribution in [0.2, 0.25) is 0 Å². The number of allylic oxidation sites excluding steroid dienone is 2. The summed E-state index contributed by atoms with van der Waals surface area (Å²) < 4.78 is 0. The summed E-state index contributed by atoms with van der Waals surface area (Å²) in [5.74, 6) is 0.429. The number of anilines is 2. The number of nitrogens with one attached hydrogen (secondary N) is 2. The van der Waals surface area contributed by atoms with Gasteiger partial charge < -0.3 is 10.6 Å². The second-order valence-electron chi connectivity index (χ2n) is 6.98. The first-order valence-corrected chi connectivity index (χ1v) is 9.28. The summed E-state index contributed by atoms with van der Waals surface area (Å²) in [6.45, 7) is 2.47. The summed E-state index contributed by atoms with van der Waals surface area (Å²) >= 11 is 0. The van der Waals surface area contributed by atoms with Crippen molar-refractivity contribution < 1.29 is 9.59 Å². The molecule has 1 aliphatic carbocycles. The summed E-state index contributed by atoms with van der Waals surface area (Å²) in [6, 6.07) is 7.33. The van der Waals surface area contributed by atoms with Crippen LogP contribution in [0.5, 0.6) is 0 Å². The smallest absolute Gasteiger partial charge is 0.238 e. The molecule has 0 aromatic heterocycles. The number of amides is 2. The fourth-order valence-corrected chi connectivity index (χ4v) is 3.47. The van der Waals surface area contributed by atoms with Gasteiger partial charge in [-0.1, -0.05) is 18.6 Å². The molecule has 2 aliphatic rings. The molecule has 0 saturated carbocycles. The zero-order valence-corrected chi connectivity index (χ0v) is 14.7. The van der Waals surface area contributed by atoms with E-state index in [2.05, 4.69) is 27.7 Å². The average molecular weight is 341 g/mol. The summed E-state index contributed by atoms with van der Waals surface area (Å²) in [5, 5.41) is 5.85. The average Bonchev–Trinajstić information content (AvgIpc) is 3.10. The third-order valence-electron chi connectivity index (χ3n) is 4.83. The largest absolute Gasteiger partial charge is 0.326 e. The number of likely N-dealkylation sites (tertiary alicyclic amines) is 1. The molecule has 1 aromatic carbocycles. The van der Waals surface area contributed by atoms with Crippen LogP contribution in [-0.2, 0) is 9.59 Å². The van der Waals surface area contributed by atoms with E-state index in [9.17, 15) is 9.59 Å². The molecule has 1 aromatic rings. The minimum absolute atomic E-state index is 0.0201. The molecule has 1 atom stereocenters. The van der Waals surface area contributed by atoms with Crippen LogP contribution >= 0.6 is 0 Å². The predicted octanol–water partition coefficient (Wildman–Crippen LogP) is 3.41. The molecule has 1 fully saturated rings. The Balaban J connectivity index is 1.43. The van der Waals surface area contributed by atoms with Gasteiger partial charge in [0, 0.05) is 17.8 Å². The molecule has 0 spiro atoms. The third-order valence-corrected chi connectivity index (χ3v) is 4.83. The van der Waals surface area contributed by atoms with Gasteiger partial charge >= 0.3 is 0 Å². The van der Waals surface area contributed by atoms with E-state index in [1.807, 2.05) is 24.3 Å². The first-order chi connectivity index (χ1) is 12.2. The maximum absolute atomic E-state index is 12.1. The van der Waals surface area contributed by atoms with Crippen LogP contribution in [0.15, 0.2) is 36.4 Å². The van der Waals surface area contributed by atoms with Gasteiger partial charge in [0.1, 0.15) is 0 Å². The molecular formula is C20H27N3O2. The molecule has 1 saturated heterocycles. The van der Waals surface area contributed by atoms with Crippen molar-refractivity contribution in [2.24, 2.45) is 5.92 Å². The van der Waals surface area contributed by atoms with Gasteiger partial charge in [-0.15, -0.1) is 0 Å². The predicted molar refractivity (Wildman–Crippen MR) is 100 cm³/mol. The van der Waals surface area contributed by atoms with E-state index >= 15 is 0 Å². The molecule has 134 valence electrons. The number of benzene rings is 1. The summed E-state index contributed by atoms with van der Waals surface area (Å²) in [4.78, 5) is 26.3. The molecule has 1 heterocycles. The lowest BCUT2D eigenvalue weighted by Gasteiger charge is -2.25. The number of piperidine rings is 1. The second-order valence-corrected chi connectivity index (χ2v) is 6.98. The fourth-order valence-electron chi connectivity index (χ4n) is 3.47. The lowest BCUT2D eigenvalue weighted by molar-refractivity contribution is -0.118. The number of carbonyl (C=O) groups excluding carboxylic acids is 2. The molecule has 5 heteroatoms. The van der Waals surface area contributed by atoms with Gasteiger partial charge in [0.05, 0.1) is 6.54 Å². The first-order valence-electron chi connectivity index (χ1n) is 9.28. The number of hydrogen-bond donors (Lipinski definition) is 2. The van der Waals surface area contributed by atoms with Gasteiger partial charge in [-0.25, -0.2) is 0 Å². The highest BCUT2D eigenvalue weighted by molar-refractivity contribution is 5.93. The Morgan fingerprint density at radius 2 is 1.60 bits per heavy atom. The van der Waals surface area contributed by atoms with Crippen molar-refractivity contribution in [1.29, 1.82) is 0 Å². The highest BCUT2D eigenvalue weighted by atomic mass is 16.2. The number of carbonyl (C=O) groups is 2. The van der Waals surface area contributed by atoms with Crippen molar-refractivity contribution >= 4 is 23.2 Å². The van der Waals surface area contributed by atoms with Crippen molar-refractivity contribution in [2.75, 3.05) is 30.3 Å². The normalized spacial score (nSPS) is 20.4. The van der Waals surface area contributed by atoms with E-state index < -0.39 is 0 Å². The second kappa shape index (κ2) is 8.81. The van der Waals surface area contributed by atoms with Crippen LogP contribution < -0.4 is 10.6 Å². The Morgan fingerprint density at radius 1 is 0.960 bits per heavy atom. The SMILES string of the molecule is O=C(CC1C=CCC1)Nc1ccc(NC(=O)CN2CCCCC2)cc1. The maximum Gasteiger partial charge on any atom is 0.238 e. The van der Waals surface area contributed by atoms with Gasteiger partial charge in [-0.3, -0.25) is 14.5 Å². The van der Waals surface area contributed by atoms with E-state index in [0.717, 1.165) is 37.3 Å². The molecule has 3 rings (SSSR count). The maximum atomic E-state index is 12.1. The summed E-state index contributed by atoms with van der Waals surface area (Å²) in [6.07, 6.45) is 10.6. The zero-order valence-electron chi connectivity index (χ0n) is 14.7. The molecule has 25 heavy (non-hydrogen) atoms. The van der Waals surface area contributed by atoms with E-state index in [0.29, 0.717) is 18.9 Å². The van der Waals surface area contributed by atoms with E-state index in [-0.39, 0.29) is 11.8 Å². The molecule has 2 amide bonds. The lowest BCUT2D eigenvalue weighted by Crippen LogP contribution is -2.36. The summed E-state index contributed by atoms with van der Waals surface area (Å²) in [5.41, 5.74) is 1.53. The number of hydrogen-bond acceptors (Lipinski definition) is 3. The Hall–Kier alpha value is -2.14. The van der Waals surface area contributed by atoms with Crippen LogP contribution in [0.25, 0.3) is 0 Å². The Morgan fingerprint density at radius 3 is 2.20 bits per heavy atom. The molecule has 2 N–H and O–H groups in total. The van der Waals surface area contributed by atoms with Gasteiger partial charge in [0.2, 0.25) is 11.8 Å². The van der Waals surface area contributed by atoms with Gasteiger partial charge in [0.25, 0.3) is 0 Å².